The van der Waals surface area contributed by atoms with E-state index in [1.807, 2.05) is 36.4 Å². The Morgan fingerprint density at radius 1 is 1.10 bits per heavy atom. The number of benzene rings is 2. The van der Waals surface area contributed by atoms with Gasteiger partial charge < -0.3 is 15.2 Å². The fourth-order valence-electron chi connectivity index (χ4n) is 2.15. The molecule has 2 N–H and O–H groups in total. The van der Waals surface area contributed by atoms with E-state index in [1.165, 1.54) is 0 Å². The lowest BCUT2D eigenvalue weighted by Gasteiger charge is -2.15. The molecule has 112 valence electrons. The first-order valence-corrected chi connectivity index (χ1v) is 7.32. The number of hydrogen-bond donors (Lipinski definition) is 1. The zero-order valence-corrected chi connectivity index (χ0v) is 12.7. The standard InChI is InChI=1S/C18H23NO2/c1-3-16(19)11-15-12-17(20-2)9-10-18(15)21-13-14-7-5-4-6-8-14/h4-10,12,16H,3,11,13,19H2,1-2H3. The van der Waals surface area contributed by atoms with Gasteiger partial charge >= 0.3 is 0 Å². The predicted molar refractivity (Wildman–Crippen MR) is 85.7 cm³/mol. The number of ether oxygens (including phenoxy) is 2. The summed E-state index contributed by atoms with van der Waals surface area (Å²) >= 11 is 0. The second kappa shape index (κ2) is 7.70. The molecule has 1 unspecified atom stereocenters. The van der Waals surface area contributed by atoms with Crippen LogP contribution in [0.3, 0.4) is 0 Å². The zero-order valence-electron chi connectivity index (χ0n) is 12.7. The van der Waals surface area contributed by atoms with Crippen LogP contribution in [0, 0.1) is 0 Å². The molecule has 0 saturated carbocycles. The molecule has 0 saturated heterocycles. The fraction of sp³-hybridized carbons (Fsp3) is 0.333. The maximum atomic E-state index is 6.08. The minimum absolute atomic E-state index is 0.135. The van der Waals surface area contributed by atoms with Crippen molar-refractivity contribution in [3.8, 4) is 11.5 Å². The SMILES string of the molecule is CCC(N)Cc1cc(OC)ccc1OCc1ccccc1. The maximum Gasteiger partial charge on any atom is 0.123 e. The Hall–Kier alpha value is -2.00. The third-order valence-corrected chi connectivity index (χ3v) is 3.51. The van der Waals surface area contributed by atoms with Gasteiger partial charge in [-0.3, -0.25) is 0 Å². The first kappa shape index (κ1) is 15.4. The van der Waals surface area contributed by atoms with Gasteiger partial charge in [0.15, 0.2) is 0 Å². The third-order valence-electron chi connectivity index (χ3n) is 3.51. The van der Waals surface area contributed by atoms with E-state index in [-0.39, 0.29) is 6.04 Å². The molecule has 0 aliphatic rings. The topological polar surface area (TPSA) is 44.5 Å². The second-order valence-electron chi connectivity index (χ2n) is 5.12. The van der Waals surface area contributed by atoms with Gasteiger partial charge in [0.05, 0.1) is 7.11 Å². The summed E-state index contributed by atoms with van der Waals surface area (Å²) in [6.45, 7) is 2.65. The van der Waals surface area contributed by atoms with E-state index in [0.29, 0.717) is 6.61 Å². The average Bonchev–Trinajstić information content (AvgIpc) is 2.54. The number of nitrogens with two attached hydrogens (primary N) is 1. The molecular formula is C18H23NO2. The summed E-state index contributed by atoms with van der Waals surface area (Å²) in [6, 6.07) is 16.2. The van der Waals surface area contributed by atoms with Crippen LogP contribution in [-0.4, -0.2) is 13.2 Å². The summed E-state index contributed by atoms with van der Waals surface area (Å²) in [5.41, 5.74) is 8.33. The van der Waals surface area contributed by atoms with E-state index in [9.17, 15) is 0 Å². The molecule has 2 rings (SSSR count). The van der Waals surface area contributed by atoms with Crippen LogP contribution in [0.2, 0.25) is 0 Å². The van der Waals surface area contributed by atoms with E-state index >= 15 is 0 Å². The van der Waals surface area contributed by atoms with E-state index in [2.05, 4.69) is 19.1 Å². The molecule has 0 amide bonds. The van der Waals surface area contributed by atoms with Crippen molar-refractivity contribution in [2.45, 2.75) is 32.4 Å². The molecule has 0 fully saturated rings. The summed E-state index contributed by atoms with van der Waals surface area (Å²) in [7, 11) is 1.67. The average molecular weight is 285 g/mol. The van der Waals surface area contributed by atoms with Crippen molar-refractivity contribution in [2.24, 2.45) is 5.73 Å². The van der Waals surface area contributed by atoms with Gasteiger partial charge in [0.2, 0.25) is 0 Å². The normalized spacial score (nSPS) is 12.0. The first-order chi connectivity index (χ1) is 10.2. The predicted octanol–water partition coefficient (Wildman–Crippen LogP) is 3.55. The molecule has 2 aromatic carbocycles. The fourth-order valence-corrected chi connectivity index (χ4v) is 2.15. The molecular weight excluding hydrogens is 262 g/mol. The van der Waals surface area contributed by atoms with Gasteiger partial charge in [-0.25, -0.2) is 0 Å². The molecule has 2 aromatic rings. The van der Waals surface area contributed by atoms with Gasteiger partial charge in [0.1, 0.15) is 18.1 Å². The molecule has 0 radical (unpaired) electrons. The molecule has 3 heteroatoms. The van der Waals surface area contributed by atoms with E-state index in [1.54, 1.807) is 7.11 Å². The van der Waals surface area contributed by atoms with Crippen molar-refractivity contribution in [2.75, 3.05) is 7.11 Å². The highest BCUT2D eigenvalue weighted by Gasteiger charge is 2.10. The summed E-state index contributed by atoms with van der Waals surface area (Å²) < 4.78 is 11.2. The summed E-state index contributed by atoms with van der Waals surface area (Å²) in [5, 5.41) is 0. The lowest BCUT2D eigenvalue weighted by molar-refractivity contribution is 0.301. The quantitative estimate of drug-likeness (QED) is 0.846. The van der Waals surface area contributed by atoms with Crippen molar-refractivity contribution in [1.82, 2.24) is 0 Å². The highest BCUT2D eigenvalue weighted by molar-refractivity contribution is 5.41. The van der Waals surface area contributed by atoms with Crippen molar-refractivity contribution >= 4 is 0 Å². The molecule has 0 bridgehead atoms. The highest BCUT2D eigenvalue weighted by atomic mass is 16.5. The van der Waals surface area contributed by atoms with Gasteiger partial charge in [-0.15, -0.1) is 0 Å². The molecule has 0 aliphatic heterocycles. The molecule has 3 nitrogen and oxygen atoms in total. The Kier molecular flexibility index (Phi) is 5.64. The monoisotopic (exact) mass is 285 g/mol. The highest BCUT2D eigenvalue weighted by Crippen LogP contribution is 2.26. The number of rotatable bonds is 7. The Labute approximate surface area is 126 Å². The van der Waals surface area contributed by atoms with Gasteiger partial charge in [-0.1, -0.05) is 37.3 Å². The molecule has 21 heavy (non-hydrogen) atoms. The van der Waals surface area contributed by atoms with Crippen LogP contribution in [0.1, 0.15) is 24.5 Å². The van der Waals surface area contributed by atoms with E-state index in [0.717, 1.165) is 35.5 Å². The Bertz CT molecular complexity index is 554. The lowest BCUT2D eigenvalue weighted by atomic mass is 10.0. The number of methoxy groups -OCH3 is 1. The summed E-state index contributed by atoms with van der Waals surface area (Å²) in [4.78, 5) is 0. The smallest absolute Gasteiger partial charge is 0.123 e. The Morgan fingerprint density at radius 3 is 2.52 bits per heavy atom. The van der Waals surface area contributed by atoms with Crippen molar-refractivity contribution in [3.63, 3.8) is 0 Å². The van der Waals surface area contributed by atoms with E-state index in [4.69, 9.17) is 15.2 Å². The largest absolute Gasteiger partial charge is 0.497 e. The van der Waals surface area contributed by atoms with Crippen LogP contribution in [-0.2, 0) is 13.0 Å². The molecule has 0 aliphatic carbocycles. The van der Waals surface area contributed by atoms with Crippen LogP contribution in [0.4, 0.5) is 0 Å². The van der Waals surface area contributed by atoms with Crippen LogP contribution >= 0.6 is 0 Å². The maximum absolute atomic E-state index is 6.08. The zero-order chi connectivity index (χ0) is 15.1. The van der Waals surface area contributed by atoms with Crippen LogP contribution in [0.25, 0.3) is 0 Å². The number of hydrogen-bond acceptors (Lipinski definition) is 3. The third kappa shape index (κ3) is 4.50. The molecule has 1 atom stereocenters. The molecule has 0 spiro atoms. The Balaban J connectivity index is 2.13. The van der Waals surface area contributed by atoms with Crippen LogP contribution < -0.4 is 15.2 Å². The minimum Gasteiger partial charge on any atom is -0.497 e. The first-order valence-electron chi connectivity index (χ1n) is 7.32. The van der Waals surface area contributed by atoms with Gasteiger partial charge in [0, 0.05) is 6.04 Å². The van der Waals surface area contributed by atoms with Gasteiger partial charge in [-0.2, -0.15) is 0 Å². The molecule has 0 aromatic heterocycles. The van der Waals surface area contributed by atoms with Gasteiger partial charge in [0.25, 0.3) is 0 Å². The van der Waals surface area contributed by atoms with Crippen molar-refractivity contribution in [1.29, 1.82) is 0 Å². The lowest BCUT2D eigenvalue weighted by Crippen LogP contribution is -2.21. The van der Waals surface area contributed by atoms with Gasteiger partial charge in [-0.05, 0) is 42.2 Å². The van der Waals surface area contributed by atoms with Crippen LogP contribution in [0.5, 0.6) is 11.5 Å². The van der Waals surface area contributed by atoms with Crippen LogP contribution in [0.15, 0.2) is 48.5 Å². The Morgan fingerprint density at radius 2 is 1.86 bits per heavy atom. The molecule has 0 heterocycles. The summed E-state index contributed by atoms with van der Waals surface area (Å²) in [6.07, 6.45) is 1.73. The minimum atomic E-state index is 0.135. The van der Waals surface area contributed by atoms with Crippen molar-refractivity contribution < 1.29 is 9.47 Å². The van der Waals surface area contributed by atoms with Crippen molar-refractivity contribution in [3.05, 3.63) is 59.7 Å². The van der Waals surface area contributed by atoms with E-state index < -0.39 is 0 Å². The summed E-state index contributed by atoms with van der Waals surface area (Å²) in [5.74, 6) is 1.71. The second-order valence-corrected chi connectivity index (χ2v) is 5.12.